The highest BCUT2D eigenvalue weighted by Crippen LogP contribution is 2.28. The summed E-state index contributed by atoms with van der Waals surface area (Å²) in [7, 11) is -3.95. The molecule has 10 heteroatoms. The summed E-state index contributed by atoms with van der Waals surface area (Å²) in [5.41, 5.74) is 0.926. The van der Waals surface area contributed by atoms with Crippen LogP contribution in [0.4, 0.5) is 10.2 Å². The average Bonchev–Trinajstić information content (AvgIpc) is 2.84. The molecule has 1 aliphatic heterocycles. The van der Waals surface area contributed by atoms with Crippen LogP contribution in [0.2, 0.25) is 0 Å². The Hall–Kier alpha value is -3.37. The molecule has 0 atom stereocenters. The average molecular weight is 471 g/mol. The van der Waals surface area contributed by atoms with Gasteiger partial charge in [-0.25, -0.2) is 17.8 Å². The van der Waals surface area contributed by atoms with E-state index in [1.165, 1.54) is 22.5 Å². The van der Waals surface area contributed by atoms with Crippen LogP contribution in [0.5, 0.6) is 5.75 Å². The van der Waals surface area contributed by atoms with E-state index in [2.05, 4.69) is 15.3 Å². The predicted octanol–water partition coefficient (Wildman–Crippen LogP) is 3.23. The Morgan fingerprint density at radius 1 is 1.06 bits per heavy atom. The number of pyridine rings is 2. The van der Waals surface area contributed by atoms with E-state index < -0.39 is 21.8 Å². The SMILES string of the molecule is O=C(Nc1ncccc1OCc1ccncc1)C1CCN(S(=O)(=O)c2ccccc2F)CC1. The second kappa shape index (κ2) is 10.1. The molecule has 1 aliphatic rings. The first-order valence-electron chi connectivity index (χ1n) is 10.5. The summed E-state index contributed by atoms with van der Waals surface area (Å²) in [6.45, 7) is 0.550. The zero-order chi connectivity index (χ0) is 23.3. The number of hydrogen-bond donors (Lipinski definition) is 1. The Morgan fingerprint density at radius 2 is 1.79 bits per heavy atom. The van der Waals surface area contributed by atoms with E-state index in [0.29, 0.717) is 31.0 Å². The van der Waals surface area contributed by atoms with Crippen molar-refractivity contribution in [3.8, 4) is 5.75 Å². The van der Waals surface area contributed by atoms with Gasteiger partial charge in [0.25, 0.3) is 0 Å². The number of rotatable bonds is 7. The van der Waals surface area contributed by atoms with Crippen LogP contribution < -0.4 is 10.1 Å². The quantitative estimate of drug-likeness (QED) is 0.569. The van der Waals surface area contributed by atoms with Crippen LogP contribution in [-0.4, -0.2) is 41.7 Å². The predicted molar refractivity (Wildman–Crippen MR) is 119 cm³/mol. The third kappa shape index (κ3) is 5.35. The Kier molecular flexibility index (Phi) is 6.95. The van der Waals surface area contributed by atoms with Gasteiger partial charge in [0.05, 0.1) is 0 Å². The summed E-state index contributed by atoms with van der Waals surface area (Å²) in [4.78, 5) is 20.7. The second-order valence-electron chi connectivity index (χ2n) is 7.59. The second-order valence-corrected chi connectivity index (χ2v) is 9.50. The van der Waals surface area contributed by atoms with Crippen LogP contribution in [0.1, 0.15) is 18.4 Å². The van der Waals surface area contributed by atoms with Gasteiger partial charge in [-0.15, -0.1) is 0 Å². The molecular weight excluding hydrogens is 447 g/mol. The van der Waals surface area contributed by atoms with Gasteiger partial charge in [-0.1, -0.05) is 12.1 Å². The van der Waals surface area contributed by atoms with Gasteiger partial charge in [-0.05, 0) is 54.8 Å². The van der Waals surface area contributed by atoms with Crippen molar-refractivity contribution in [3.63, 3.8) is 0 Å². The van der Waals surface area contributed by atoms with Crippen molar-refractivity contribution in [2.75, 3.05) is 18.4 Å². The van der Waals surface area contributed by atoms with E-state index >= 15 is 0 Å². The maximum Gasteiger partial charge on any atom is 0.245 e. The first-order valence-corrected chi connectivity index (χ1v) is 11.9. The Bertz CT molecular complexity index is 1220. The van der Waals surface area contributed by atoms with Gasteiger partial charge in [-0.3, -0.25) is 9.78 Å². The highest BCUT2D eigenvalue weighted by molar-refractivity contribution is 7.89. The standard InChI is InChI=1S/C23H23FN4O4S/c24-19-4-1-2-6-21(19)33(30,31)28-14-9-18(10-15-28)23(29)27-22-20(5-3-11-26-22)32-16-17-7-12-25-13-8-17/h1-8,11-13,18H,9-10,14-16H2,(H,26,27,29). The molecule has 2 aromatic heterocycles. The van der Waals surface area contributed by atoms with Gasteiger partial charge in [-0.2, -0.15) is 4.31 Å². The monoisotopic (exact) mass is 470 g/mol. The highest BCUT2D eigenvalue weighted by Gasteiger charge is 2.33. The number of nitrogens with one attached hydrogen (secondary N) is 1. The minimum atomic E-state index is -3.95. The van der Waals surface area contributed by atoms with E-state index in [1.54, 1.807) is 30.7 Å². The number of piperidine rings is 1. The fourth-order valence-electron chi connectivity index (χ4n) is 3.61. The summed E-state index contributed by atoms with van der Waals surface area (Å²) >= 11 is 0. The van der Waals surface area contributed by atoms with E-state index in [1.807, 2.05) is 12.1 Å². The number of aromatic nitrogens is 2. The minimum absolute atomic E-state index is 0.127. The Morgan fingerprint density at radius 3 is 2.52 bits per heavy atom. The first-order chi connectivity index (χ1) is 15.9. The number of ether oxygens (including phenoxy) is 1. The maximum absolute atomic E-state index is 14.0. The Labute approximate surface area is 191 Å². The van der Waals surface area contributed by atoms with E-state index in [4.69, 9.17) is 4.74 Å². The number of sulfonamides is 1. The molecule has 1 saturated heterocycles. The fraction of sp³-hybridized carbons (Fsp3) is 0.261. The van der Waals surface area contributed by atoms with Crippen molar-refractivity contribution in [3.05, 3.63) is 78.5 Å². The number of benzene rings is 1. The van der Waals surface area contributed by atoms with Crippen molar-refractivity contribution in [2.45, 2.75) is 24.3 Å². The molecular formula is C23H23FN4O4S. The lowest BCUT2D eigenvalue weighted by Gasteiger charge is -2.30. The third-order valence-corrected chi connectivity index (χ3v) is 7.37. The van der Waals surface area contributed by atoms with E-state index in [0.717, 1.165) is 11.6 Å². The molecule has 3 heterocycles. The van der Waals surface area contributed by atoms with Crippen LogP contribution in [0.15, 0.2) is 72.0 Å². The number of carbonyl (C=O) groups is 1. The summed E-state index contributed by atoms with van der Waals surface area (Å²) in [5, 5.41) is 2.80. The molecule has 1 N–H and O–H groups in total. The summed E-state index contributed by atoms with van der Waals surface area (Å²) in [5.74, 6) is -0.704. The zero-order valence-electron chi connectivity index (χ0n) is 17.7. The largest absolute Gasteiger partial charge is 0.485 e. The maximum atomic E-state index is 14.0. The number of anilines is 1. The van der Waals surface area contributed by atoms with Gasteiger partial charge in [0.15, 0.2) is 11.6 Å². The highest BCUT2D eigenvalue weighted by atomic mass is 32.2. The molecule has 0 aliphatic carbocycles. The van der Waals surface area contributed by atoms with Gasteiger partial charge in [0.1, 0.15) is 17.3 Å². The summed E-state index contributed by atoms with van der Waals surface area (Å²) < 4.78 is 46.6. The van der Waals surface area contributed by atoms with Gasteiger partial charge >= 0.3 is 0 Å². The number of hydrogen-bond acceptors (Lipinski definition) is 6. The number of carbonyl (C=O) groups excluding carboxylic acids is 1. The molecule has 0 radical (unpaired) electrons. The van der Waals surface area contributed by atoms with Gasteiger partial charge < -0.3 is 10.1 Å². The zero-order valence-corrected chi connectivity index (χ0v) is 18.5. The van der Waals surface area contributed by atoms with Crippen molar-refractivity contribution in [2.24, 2.45) is 5.92 Å². The number of amides is 1. The van der Waals surface area contributed by atoms with Crippen molar-refractivity contribution < 1.29 is 22.3 Å². The summed E-state index contributed by atoms with van der Waals surface area (Å²) in [6.07, 6.45) is 5.53. The molecule has 1 fully saturated rings. The van der Waals surface area contributed by atoms with Crippen molar-refractivity contribution in [1.29, 1.82) is 0 Å². The normalized spacial score (nSPS) is 15.2. The molecule has 0 saturated carbocycles. The topological polar surface area (TPSA) is 101 Å². The lowest BCUT2D eigenvalue weighted by atomic mass is 9.97. The van der Waals surface area contributed by atoms with Crippen LogP contribution in [-0.2, 0) is 21.4 Å². The fourth-order valence-corrected chi connectivity index (χ4v) is 5.15. The first kappa shape index (κ1) is 22.8. The van der Waals surface area contributed by atoms with Crippen LogP contribution in [0.25, 0.3) is 0 Å². The molecule has 4 rings (SSSR count). The van der Waals surface area contributed by atoms with E-state index in [9.17, 15) is 17.6 Å². The lowest BCUT2D eigenvalue weighted by molar-refractivity contribution is -0.120. The molecule has 0 unspecified atom stereocenters. The van der Waals surface area contributed by atoms with Crippen LogP contribution in [0.3, 0.4) is 0 Å². The van der Waals surface area contributed by atoms with Crippen LogP contribution >= 0.6 is 0 Å². The van der Waals surface area contributed by atoms with Crippen molar-refractivity contribution >= 4 is 21.7 Å². The minimum Gasteiger partial charge on any atom is -0.485 e. The number of halogens is 1. The van der Waals surface area contributed by atoms with Crippen LogP contribution in [0, 0.1) is 11.7 Å². The molecule has 33 heavy (non-hydrogen) atoms. The van der Waals surface area contributed by atoms with Crippen molar-refractivity contribution in [1.82, 2.24) is 14.3 Å². The molecule has 0 spiro atoms. The van der Waals surface area contributed by atoms with E-state index in [-0.39, 0.29) is 23.9 Å². The molecule has 1 amide bonds. The Balaban J connectivity index is 1.37. The summed E-state index contributed by atoms with van der Waals surface area (Å²) in [6, 6.07) is 12.4. The molecule has 0 bridgehead atoms. The lowest BCUT2D eigenvalue weighted by Crippen LogP contribution is -2.41. The molecule has 8 nitrogen and oxygen atoms in total. The molecule has 1 aromatic carbocycles. The van der Waals surface area contributed by atoms with Gasteiger partial charge in [0.2, 0.25) is 15.9 Å². The van der Waals surface area contributed by atoms with Gasteiger partial charge in [0, 0.05) is 37.6 Å². The number of nitrogens with zero attached hydrogens (tertiary/aromatic N) is 3. The third-order valence-electron chi connectivity index (χ3n) is 5.44. The smallest absolute Gasteiger partial charge is 0.245 e. The molecule has 172 valence electrons. The molecule has 3 aromatic rings.